The van der Waals surface area contributed by atoms with Crippen LogP contribution in [0, 0.1) is 5.92 Å². The van der Waals surface area contributed by atoms with Crippen molar-refractivity contribution in [3.05, 3.63) is 35.4 Å². The molecular formula is C18H29Cl2N3O. The summed E-state index contributed by atoms with van der Waals surface area (Å²) in [5, 5.41) is 6.65. The molecule has 1 aromatic rings. The third-order valence-electron chi connectivity index (χ3n) is 5.20. The van der Waals surface area contributed by atoms with E-state index in [2.05, 4.69) is 46.7 Å². The summed E-state index contributed by atoms with van der Waals surface area (Å²) in [7, 11) is 0. The van der Waals surface area contributed by atoms with Gasteiger partial charge in [0, 0.05) is 19.1 Å². The largest absolute Gasteiger partial charge is 0.352 e. The maximum Gasteiger partial charge on any atom is 0.237 e. The van der Waals surface area contributed by atoms with Gasteiger partial charge in [-0.3, -0.25) is 9.69 Å². The Labute approximate surface area is 157 Å². The molecule has 3 unspecified atom stereocenters. The zero-order valence-electron chi connectivity index (χ0n) is 14.5. The first-order valence-electron chi connectivity index (χ1n) is 8.47. The van der Waals surface area contributed by atoms with E-state index in [1.165, 1.54) is 11.1 Å². The van der Waals surface area contributed by atoms with Crippen molar-refractivity contribution in [1.82, 2.24) is 15.5 Å². The first kappa shape index (κ1) is 21.2. The van der Waals surface area contributed by atoms with E-state index in [4.69, 9.17) is 0 Å². The number of hydrogen-bond acceptors (Lipinski definition) is 3. The average molecular weight is 374 g/mol. The second kappa shape index (κ2) is 9.62. The second-order valence-corrected chi connectivity index (χ2v) is 6.75. The number of carbonyl (C=O) groups excluding carboxylic acids is 1. The van der Waals surface area contributed by atoms with Crippen molar-refractivity contribution in [2.75, 3.05) is 19.6 Å². The molecule has 3 rings (SSSR count). The lowest BCUT2D eigenvalue weighted by Gasteiger charge is -2.35. The molecule has 2 aliphatic rings. The highest BCUT2D eigenvalue weighted by Crippen LogP contribution is 2.20. The normalized spacial score (nSPS) is 24.8. The number of halogens is 2. The van der Waals surface area contributed by atoms with Crippen molar-refractivity contribution >= 4 is 30.7 Å². The number of benzene rings is 1. The molecule has 1 aromatic carbocycles. The predicted molar refractivity (Wildman–Crippen MR) is 103 cm³/mol. The topological polar surface area (TPSA) is 44.4 Å². The minimum Gasteiger partial charge on any atom is -0.352 e. The molecule has 2 N–H and O–H groups in total. The Morgan fingerprint density at radius 3 is 2.71 bits per heavy atom. The first-order chi connectivity index (χ1) is 10.6. The van der Waals surface area contributed by atoms with Gasteiger partial charge < -0.3 is 10.6 Å². The number of fused-ring (bicyclic) bond motifs is 1. The molecule has 1 amide bonds. The molecule has 0 spiro atoms. The summed E-state index contributed by atoms with van der Waals surface area (Å²) >= 11 is 0. The highest BCUT2D eigenvalue weighted by molar-refractivity contribution is 5.85. The molecule has 2 heterocycles. The van der Waals surface area contributed by atoms with Gasteiger partial charge in [0.05, 0.1) is 6.04 Å². The van der Waals surface area contributed by atoms with Gasteiger partial charge in [0.15, 0.2) is 0 Å². The fourth-order valence-corrected chi connectivity index (χ4v) is 3.55. The lowest BCUT2D eigenvalue weighted by Crippen LogP contribution is -2.54. The molecule has 24 heavy (non-hydrogen) atoms. The lowest BCUT2D eigenvalue weighted by molar-refractivity contribution is -0.127. The summed E-state index contributed by atoms with van der Waals surface area (Å²) in [5.41, 5.74) is 2.79. The van der Waals surface area contributed by atoms with Gasteiger partial charge >= 0.3 is 0 Å². The van der Waals surface area contributed by atoms with Gasteiger partial charge in [-0.2, -0.15) is 0 Å². The van der Waals surface area contributed by atoms with Gasteiger partial charge in [0.2, 0.25) is 5.91 Å². The van der Waals surface area contributed by atoms with Crippen molar-refractivity contribution in [3.63, 3.8) is 0 Å². The molecular weight excluding hydrogens is 345 g/mol. The number of nitrogens with one attached hydrogen (secondary N) is 2. The summed E-state index contributed by atoms with van der Waals surface area (Å²) in [5.74, 6) is 0.685. The highest BCUT2D eigenvalue weighted by Gasteiger charge is 2.28. The van der Waals surface area contributed by atoms with E-state index in [0.29, 0.717) is 12.0 Å². The number of rotatable bonds is 3. The molecule has 2 aliphatic heterocycles. The van der Waals surface area contributed by atoms with E-state index in [1.807, 2.05) is 6.92 Å². The minimum atomic E-state index is -0.0598. The van der Waals surface area contributed by atoms with Crippen LogP contribution in [0.2, 0.25) is 0 Å². The van der Waals surface area contributed by atoms with Crippen LogP contribution in [0.15, 0.2) is 24.3 Å². The van der Waals surface area contributed by atoms with E-state index < -0.39 is 0 Å². The van der Waals surface area contributed by atoms with E-state index in [9.17, 15) is 4.79 Å². The lowest BCUT2D eigenvalue weighted by atomic mass is 9.94. The van der Waals surface area contributed by atoms with Crippen LogP contribution >= 0.6 is 24.8 Å². The predicted octanol–water partition coefficient (Wildman–Crippen LogP) is 2.39. The van der Waals surface area contributed by atoms with E-state index in [-0.39, 0.29) is 36.8 Å². The Hall–Kier alpha value is -0.810. The summed E-state index contributed by atoms with van der Waals surface area (Å²) in [6.45, 7) is 8.09. The highest BCUT2D eigenvalue weighted by atomic mass is 35.5. The number of amides is 1. The Morgan fingerprint density at radius 1 is 1.29 bits per heavy atom. The molecule has 4 nitrogen and oxygen atoms in total. The molecule has 0 aliphatic carbocycles. The van der Waals surface area contributed by atoms with Gasteiger partial charge in [-0.1, -0.05) is 31.2 Å². The zero-order valence-corrected chi connectivity index (χ0v) is 16.1. The molecule has 1 fully saturated rings. The number of carbonyl (C=O) groups is 1. The fraction of sp³-hybridized carbons (Fsp3) is 0.611. The van der Waals surface area contributed by atoms with Crippen LogP contribution in [0.4, 0.5) is 0 Å². The van der Waals surface area contributed by atoms with Crippen LogP contribution in [0.3, 0.4) is 0 Å². The van der Waals surface area contributed by atoms with Crippen LogP contribution in [-0.4, -0.2) is 42.5 Å². The van der Waals surface area contributed by atoms with Crippen LogP contribution in [0.5, 0.6) is 0 Å². The second-order valence-electron chi connectivity index (χ2n) is 6.75. The van der Waals surface area contributed by atoms with Gasteiger partial charge in [-0.05, 0) is 49.9 Å². The maximum atomic E-state index is 12.6. The number of piperidine rings is 1. The monoisotopic (exact) mass is 373 g/mol. The van der Waals surface area contributed by atoms with E-state index in [1.54, 1.807) is 0 Å². The molecule has 0 saturated carbocycles. The van der Waals surface area contributed by atoms with Crippen molar-refractivity contribution in [2.45, 2.75) is 45.3 Å². The standard InChI is InChI=1S/C18H27N3O.2ClH/c1-13-11-19-9-7-17(13)20-18(22)14(2)21-10-8-15-5-3-4-6-16(15)12-21;;/h3-6,13-14,17,19H,7-12H2,1-2H3,(H,20,22);2*1H. The molecule has 1 saturated heterocycles. The van der Waals surface area contributed by atoms with Crippen LogP contribution in [-0.2, 0) is 17.8 Å². The summed E-state index contributed by atoms with van der Waals surface area (Å²) < 4.78 is 0. The first-order valence-corrected chi connectivity index (χ1v) is 8.47. The molecule has 0 bridgehead atoms. The Morgan fingerprint density at radius 2 is 2.00 bits per heavy atom. The van der Waals surface area contributed by atoms with Gasteiger partial charge in [0.25, 0.3) is 0 Å². The smallest absolute Gasteiger partial charge is 0.237 e. The maximum absolute atomic E-state index is 12.6. The fourth-order valence-electron chi connectivity index (χ4n) is 3.55. The molecule has 136 valence electrons. The summed E-state index contributed by atoms with van der Waals surface area (Å²) in [6.07, 6.45) is 2.07. The SMILES string of the molecule is CC1CNCCC1NC(=O)C(C)N1CCc2ccccc2C1.Cl.Cl. The summed E-state index contributed by atoms with van der Waals surface area (Å²) in [4.78, 5) is 14.9. The Kier molecular flexibility index (Phi) is 8.51. The van der Waals surface area contributed by atoms with Crippen LogP contribution in [0.25, 0.3) is 0 Å². The Balaban J connectivity index is 0.00000144. The van der Waals surface area contributed by atoms with Crippen molar-refractivity contribution < 1.29 is 4.79 Å². The van der Waals surface area contributed by atoms with Gasteiger partial charge in [-0.15, -0.1) is 24.8 Å². The summed E-state index contributed by atoms with van der Waals surface area (Å²) in [6, 6.07) is 8.82. The molecule has 3 atom stereocenters. The van der Waals surface area contributed by atoms with Crippen LogP contribution < -0.4 is 10.6 Å². The molecule has 0 aromatic heterocycles. The molecule has 0 radical (unpaired) electrons. The zero-order chi connectivity index (χ0) is 15.5. The van der Waals surface area contributed by atoms with E-state index >= 15 is 0 Å². The average Bonchev–Trinajstić information content (AvgIpc) is 2.55. The van der Waals surface area contributed by atoms with Crippen molar-refractivity contribution in [2.24, 2.45) is 5.92 Å². The van der Waals surface area contributed by atoms with Crippen LogP contribution in [0.1, 0.15) is 31.4 Å². The third-order valence-corrected chi connectivity index (χ3v) is 5.20. The number of hydrogen-bond donors (Lipinski definition) is 2. The number of nitrogens with zero attached hydrogens (tertiary/aromatic N) is 1. The van der Waals surface area contributed by atoms with E-state index in [0.717, 1.165) is 39.0 Å². The van der Waals surface area contributed by atoms with Gasteiger partial charge in [0.1, 0.15) is 0 Å². The van der Waals surface area contributed by atoms with Crippen molar-refractivity contribution in [1.29, 1.82) is 0 Å². The van der Waals surface area contributed by atoms with Crippen molar-refractivity contribution in [3.8, 4) is 0 Å². The third kappa shape index (κ3) is 4.85. The molecule has 6 heteroatoms. The Bertz CT molecular complexity index is 541. The quantitative estimate of drug-likeness (QED) is 0.854. The minimum absolute atomic E-state index is 0. The van der Waals surface area contributed by atoms with Gasteiger partial charge in [-0.25, -0.2) is 0 Å².